The first kappa shape index (κ1) is 18.3. The molecular weight excluding hydrogens is 356 g/mol. The van der Waals surface area contributed by atoms with Crippen molar-refractivity contribution in [1.29, 1.82) is 0 Å². The van der Waals surface area contributed by atoms with Crippen molar-refractivity contribution in [2.75, 3.05) is 33.2 Å². The lowest BCUT2D eigenvalue weighted by Crippen LogP contribution is -2.43. The summed E-state index contributed by atoms with van der Waals surface area (Å²) in [6.45, 7) is 4.40. The summed E-state index contributed by atoms with van der Waals surface area (Å²) in [7, 11) is 2.11. The number of rotatable bonds is 5. The maximum Gasteiger partial charge on any atom is 0.278 e. The van der Waals surface area contributed by atoms with Crippen molar-refractivity contribution in [3.05, 3.63) is 70.5 Å². The molecule has 28 heavy (non-hydrogen) atoms. The average Bonchev–Trinajstić information content (AvgIpc) is 3.14. The molecule has 144 valence electrons. The molecule has 1 saturated heterocycles. The van der Waals surface area contributed by atoms with E-state index in [1.807, 2.05) is 30.3 Å². The number of nitrogens with zero attached hydrogens (tertiary/aromatic N) is 4. The number of nitro groups is 1. The van der Waals surface area contributed by atoms with Crippen LogP contribution in [0.2, 0.25) is 0 Å². The summed E-state index contributed by atoms with van der Waals surface area (Å²) in [6.07, 6.45) is 0. The second-order valence-electron chi connectivity index (χ2n) is 7.01. The molecule has 0 aliphatic carbocycles. The van der Waals surface area contributed by atoms with E-state index in [1.165, 1.54) is 6.07 Å². The van der Waals surface area contributed by atoms with E-state index in [-0.39, 0.29) is 10.6 Å². The number of oxazole rings is 1. The van der Waals surface area contributed by atoms with Crippen LogP contribution in [-0.2, 0) is 6.54 Å². The molecule has 1 fully saturated rings. The van der Waals surface area contributed by atoms with Crippen LogP contribution in [0.3, 0.4) is 0 Å². The molecule has 0 saturated carbocycles. The number of piperazine rings is 1. The lowest BCUT2D eigenvalue weighted by atomic mass is 10.1. The van der Waals surface area contributed by atoms with Gasteiger partial charge in [0.1, 0.15) is 11.5 Å². The highest BCUT2D eigenvalue weighted by molar-refractivity contribution is 5.73. The summed E-state index contributed by atoms with van der Waals surface area (Å²) < 4.78 is 6.13. The fourth-order valence-corrected chi connectivity index (χ4v) is 3.42. The number of aromatic nitrogens is 1. The van der Waals surface area contributed by atoms with Gasteiger partial charge in [0.05, 0.1) is 17.0 Å². The van der Waals surface area contributed by atoms with E-state index in [0.717, 1.165) is 31.7 Å². The van der Waals surface area contributed by atoms with E-state index >= 15 is 0 Å². The van der Waals surface area contributed by atoms with Crippen LogP contribution in [0.25, 0.3) is 22.7 Å². The Morgan fingerprint density at radius 1 is 1.04 bits per heavy atom. The summed E-state index contributed by atoms with van der Waals surface area (Å²) in [5, 5.41) is 11.5. The van der Waals surface area contributed by atoms with Crippen molar-refractivity contribution in [1.82, 2.24) is 14.8 Å². The van der Waals surface area contributed by atoms with E-state index in [9.17, 15) is 10.1 Å². The first-order chi connectivity index (χ1) is 13.6. The topological polar surface area (TPSA) is 75.7 Å². The average molecular weight is 378 g/mol. The second-order valence-corrected chi connectivity index (χ2v) is 7.01. The Morgan fingerprint density at radius 3 is 2.43 bits per heavy atom. The summed E-state index contributed by atoms with van der Waals surface area (Å²) >= 11 is 0. The van der Waals surface area contributed by atoms with E-state index < -0.39 is 0 Å². The van der Waals surface area contributed by atoms with Gasteiger partial charge < -0.3 is 9.32 Å². The van der Waals surface area contributed by atoms with Crippen LogP contribution in [-0.4, -0.2) is 52.9 Å². The summed E-state index contributed by atoms with van der Waals surface area (Å²) in [4.78, 5) is 20.4. The molecule has 7 heteroatoms. The number of para-hydroxylation sites is 1. The molecular formula is C21H22N4O3. The van der Waals surface area contributed by atoms with E-state index in [4.69, 9.17) is 4.42 Å². The van der Waals surface area contributed by atoms with E-state index in [0.29, 0.717) is 29.5 Å². The Hall–Kier alpha value is -3.03. The van der Waals surface area contributed by atoms with Crippen LogP contribution in [0, 0.1) is 10.1 Å². The van der Waals surface area contributed by atoms with Crippen LogP contribution in [0.4, 0.5) is 5.69 Å². The molecule has 0 N–H and O–H groups in total. The zero-order valence-electron chi connectivity index (χ0n) is 15.7. The van der Waals surface area contributed by atoms with E-state index in [1.54, 1.807) is 18.2 Å². The van der Waals surface area contributed by atoms with Crippen molar-refractivity contribution < 1.29 is 9.34 Å². The Kier molecular flexibility index (Phi) is 5.18. The predicted octanol–water partition coefficient (Wildman–Crippen LogP) is 3.66. The van der Waals surface area contributed by atoms with Gasteiger partial charge >= 0.3 is 0 Å². The van der Waals surface area contributed by atoms with Crippen molar-refractivity contribution in [3.8, 4) is 22.7 Å². The minimum atomic E-state index is -0.369. The summed E-state index contributed by atoms with van der Waals surface area (Å²) in [5.41, 5.74) is 1.93. The van der Waals surface area contributed by atoms with Gasteiger partial charge in [0.25, 0.3) is 5.69 Å². The molecule has 3 aromatic rings. The normalized spacial score (nSPS) is 15.6. The third-order valence-electron chi connectivity index (χ3n) is 5.04. The largest absolute Gasteiger partial charge is 0.439 e. The van der Waals surface area contributed by atoms with Crippen molar-refractivity contribution >= 4 is 5.69 Å². The number of benzene rings is 2. The second kappa shape index (κ2) is 7.92. The molecule has 4 rings (SSSR count). The zero-order valence-corrected chi connectivity index (χ0v) is 15.7. The van der Waals surface area contributed by atoms with Crippen molar-refractivity contribution in [2.45, 2.75) is 6.54 Å². The molecule has 0 unspecified atom stereocenters. The van der Waals surface area contributed by atoms with Gasteiger partial charge in [-0.15, -0.1) is 0 Å². The Balaban J connectivity index is 1.75. The van der Waals surface area contributed by atoms with Crippen molar-refractivity contribution in [2.24, 2.45) is 0 Å². The molecule has 0 atom stereocenters. The van der Waals surface area contributed by atoms with Gasteiger partial charge in [-0.2, -0.15) is 0 Å². The molecule has 7 nitrogen and oxygen atoms in total. The van der Waals surface area contributed by atoms with Crippen LogP contribution in [0.5, 0.6) is 0 Å². The number of likely N-dealkylation sites (N-methyl/N-ethyl adjacent to an activating group) is 1. The minimum absolute atomic E-state index is 0.0371. The van der Waals surface area contributed by atoms with Gasteiger partial charge in [0, 0.05) is 37.8 Å². The van der Waals surface area contributed by atoms with E-state index in [2.05, 4.69) is 21.8 Å². The maximum absolute atomic E-state index is 11.5. The zero-order chi connectivity index (χ0) is 19.5. The van der Waals surface area contributed by atoms with Gasteiger partial charge in [-0.05, 0) is 25.2 Å². The van der Waals surface area contributed by atoms with Gasteiger partial charge in [-0.3, -0.25) is 15.0 Å². The molecule has 1 aliphatic heterocycles. The van der Waals surface area contributed by atoms with Crippen LogP contribution in [0.15, 0.2) is 59.0 Å². The first-order valence-electron chi connectivity index (χ1n) is 9.31. The Morgan fingerprint density at radius 2 is 1.71 bits per heavy atom. The standard InChI is InChI=1S/C21H22N4O3/c1-23-11-13-24(14-12-23)15-19-20(17-9-5-6-10-18(17)25(26)27)22-21(28-19)16-7-3-2-4-8-16/h2-10H,11-15H2,1H3. The third-order valence-corrected chi connectivity index (χ3v) is 5.04. The summed E-state index contributed by atoms with van der Waals surface area (Å²) in [5.74, 6) is 1.15. The summed E-state index contributed by atoms with van der Waals surface area (Å²) in [6, 6.07) is 16.3. The lowest BCUT2D eigenvalue weighted by Gasteiger charge is -2.31. The fraction of sp³-hybridized carbons (Fsp3) is 0.286. The smallest absolute Gasteiger partial charge is 0.278 e. The molecule has 2 aromatic carbocycles. The van der Waals surface area contributed by atoms with Crippen LogP contribution >= 0.6 is 0 Å². The highest BCUT2D eigenvalue weighted by Gasteiger charge is 2.25. The van der Waals surface area contributed by atoms with Gasteiger partial charge in [0.15, 0.2) is 0 Å². The highest BCUT2D eigenvalue weighted by Crippen LogP contribution is 2.35. The Bertz CT molecular complexity index is 963. The van der Waals surface area contributed by atoms with Gasteiger partial charge in [-0.25, -0.2) is 4.98 Å². The SMILES string of the molecule is CN1CCN(Cc2oc(-c3ccccc3)nc2-c2ccccc2[N+](=O)[O-])CC1. The van der Waals surface area contributed by atoms with Gasteiger partial charge in [-0.1, -0.05) is 30.3 Å². The fourth-order valence-electron chi connectivity index (χ4n) is 3.42. The first-order valence-corrected chi connectivity index (χ1v) is 9.31. The quantitative estimate of drug-likeness (QED) is 0.498. The molecule has 0 spiro atoms. The lowest BCUT2D eigenvalue weighted by molar-refractivity contribution is -0.384. The number of hydrogen-bond acceptors (Lipinski definition) is 6. The number of hydrogen-bond donors (Lipinski definition) is 0. The number of nitro benzene ring substituents is 1. The molecule has 0 radical (unpaired) electrons. The highest BCUT2D eigenvalue weighted by atomic mass is 16.6. The van der Waals surface area contributed by atoms with Gasteiger partial charge in [0.2, 0.25) is 5.89 Å². The molecule has 2 heterocycles. The molecule has 0 bridgehead atoms. The van der Waals surface area contributed by atoms with Crippen LogP contribution in [0.1, 0.15) is 5.76 Å². The molecule has 1 aromatic heterocycles. The maximum atomic E-state index is 11.5. The van der Waals surface area contributed by atoms with Crippen LogP contribution < -0.4 is 0 Å². The Labute approximate surface area is 163 Å². The molecule has 0 amide bonds. The minimum Gasteiger partial charge on any atom is -0.439 e. The predicted molar refractivity (Wildman–Crippen MR) is 107 cm³/mol. The monoisotopic (exact) mass is 378 g/mol. The third kappa shape index (κ3) is 3.81. The molecule has 1 aliphatic rings. The van der Waals surface area contributed by atoms with Crippen molar-refractivity contribution in [3.63, 3.8) is 0 Å².